The van der Waals surface area contributed by atoms with Gasteiger partial charge in [0.15, 0.2) is 0 Å². The summed E-state index contributed by atoms with van der Waals surface area (Å²) in [6.07, 6.45) is 2.11. The van der Waals surface area contributed by atoms with Crippen molar-refractivity contribution >= 4 is 43.4 Å². The lowest BCUT2D eigenvalue weighted by Crippen LogP contribution is -2.20. The van der Waals surface area contributed by atoms with Crippen LogP contribution < -0.4 is 15.8 Å². The van der Waals surface area contributed by atoms with E-state index in [1.54, 1.807) is 25.3 Å². The van der Waals surface area contributed by atoms with Crippen molar-refractivity contribution in [1.29, 1.82) is 0 Å². The van der Waals surface area contributed by atoms with Crippen molar-refractivity contribution in [3.63, 3.8) is 0 Å². The molecule has 5 N–H and O–H groups in total. The minimum absolute atomic E-state index is 0.0344. The first-order valence-corrected chi connectivity index (χ1v) is 10.3. The molecule has 0 unspecified atom stereocenters. The third-order valence-electron chi connectivity index (χ3n) is 3.67. The van der Waals surface area contributed by atoms with E-state index in [1.807, 2.05) is 13.8 Å². The van der Waals surface area contributed by atoms with Crippen molar-refractivity contribution in [2.75, 3.05) is 17.2 Å². The fourth-order valence-corrected chi connectivity index (χ4v) is 3.91. The summed E-state index contributed by atoms with van der Waals surface area (Å²) >= 11 is 3.36. The molecule has 0 aliphatic heterocycles. The largest absolute Gasteiger partial charge is 0.394 e. The van der Waals surface area contributed by atoms with Crippen molar-refractivity contribution in [2.45, 2.75) is 38.1 Å². The fourth-order valence-electron chi connectivity index (χ4n) is 2.53. The summed E-state index contributed by atoms with van der Waals surface area (Å²) in [6.45, 7) is 5.35. The number of anilines is 3. The summed E-state index contributed by atoms with van der Waals surface area (Å²) in [6, 6.07) is 3.24. The molecule has 0 radical (unpaired) electrons. The van der Waals surface area contributed by atoms with Crippen LogP contribution >= 0.6 is 15.9 Å². The zero-order chi connectivity index (χ0) is 19.5. The molecular weight excluding hydrogens is 422 g/mol. The molecule has 1 aromatic carbocycles. The molecule has 10 heteroatoms. The number of aryl methyl sites for hydroxylation is 2. The molecule has 8 nitrogen and oxygen atoms in total. The second-order valence-corrected chi connectivity index (χ2v) is 8.28. The number of hydrogen-bond acceptors (Lipinski definition) is 7. The molecule has 0 aliphatic rings. The SMILES string of the molecule is CCc1cc(Nc2ncc(Br)c(N[C@H](C)CO)n2)cc(C)c1S(N)(=O)=O. The first kappa shape index (κ1) is 20.6. The van der Waals surface area contributed by atoms with E-state index >= 15 is 0 Å². The Bertz CT molecular complexity index is 905. The van der Waals surface area contributed by atoms with Crippen LogP contribution in [0.1, 0.15) is 25.0 Å². The van der Waals surface area contributed by atoms with Crippen LogP contribution in [0.3, 0.4) is 0 Å². The van der Waals surface area contributed by atoms with Gasteiger partial charge in [0.2, 0.25) is 16.0 Å². The van der Waals surface area contributed by atoms with Crippen LogP contribution in [-0.4, -0.2) is 36.1 Å². The lowest BCUT2D eigenvalue weighted by molar-refractivity contribution is 0.281. The smallest absolute Gasteiger partial charge is 0.238 e. The summed E-state index contributed by atoms with van der Waals surface area (Å²) in [7, 11) is -3.79. The Morgan fingerprint density at radius 2 is 2.08 bits per heavy atom. The number of hydrogen-bond donors (Lipinski definition) is 4. The quantitative estimate of drug-likeness (QED) is 0.516. The minimum atomic E-state index is -3.79. The Balaban J connectivity index is 2.37. The monoisotopic (exact) mass is 443 g/mol. The van der Waals surface area contributed by atoms with E-state index in [0.717, 1.165) is 0 Å². The molecule has 0 bridgehead atoms. The van der Waals surface area contributed by atoms with E-state index in [9.17, 15) is 13.5 Å². The summed E-state index contributed by atoms with van der Waals surface area (Å²) in [5.74, 6) is 0.878. The lowest BCUT2D eigenvalue weighted by atomic mass is 10.1. The maximum atomic E-state index is 11.8. The number of halogens is 1. The summed E-state index contributed by atoms with van der Waals surface area (Å²) in [5.41, 5.74) is 1.84. The molecule has 1 aromatic heterocycles. The number of sulfonamides is 1. The summed E-state index contributed by atoms with van der Waals surface area (Å²) in [4.78, 5) is 8.74. The number of benzene rings is 1. The number of aliphatic hydroxyl groups excluding tert-OH is 1. The average Bonchev–Trinajstić information content (AvgIpc) is 2.55. The van der Waals surface area contributed by atoms with Gasteiger partial charge in [-0.2, -0.15) is 4.98 Å². The second-order valence-electron chi connectivity index (χ2n) is 5.92. The number of primary sulfonamides is 1. The molecule has 0 fully saturated rings. The van der Waals surface area contributed by atoms with E-state index in [1.165, 1.54) is 0 Å². The van der Waals surface area contributed by atoms with Crippen LogP contribution in [0.15, 0.2) is 27.7 Å². The Labute approximate surface area is 161 Å². The van der Waals surface area contributed by atoms with E-state index < -0.39 is 10.0 Å². The molecule has 1 atom stereocenters. The number of aliphatic hydroxyl groups is 1. The topological polar surface area (TPSA) is 130 Å². The van der Waals surface area contributed by atoms with Gasteiger partial charge >= 0.3 is 0 Å². The standard InChI is InChI=1S/C16H22BrN5O3S/c1-4-11-6-12(5-9(2)14(11)26(18,24)25)21-16-19-7-13(17)15(22-16)20-10(3)8-23/h5-7,10,23H,4,8H2,1-3H3,(H2,18,24,25)(H2,19,20,21,22)/t10-/m1/s1. The molecule has 26 heavy (non-hydrogen) atoms. The zero-order valence-electron chi connectivity index (χ0n) is 14.7. The Hall–Kier alpha value is -1.75. The van der Waals surface area contributed by atoms with Gasteiger partial charge in [0.25, 0.3) is 0 Å². The second kappa shape index (κ2) is 8.30. The van der Waals surface area contributed by atoms with Crippen LogP contribution in [-0.2, 0) is 16.4 Å². The first-order valence-electron chi connectivity index (χ1n) is 7.99. The highest BCUT2D eigenvalue weighted by atomic mass is 79.9. The Morgan fingerprint density at radius 1 is 1.38 bits per heavy atom. The lowest BCUT2D eigenvalue weighted by Gasteiger charge is -2.15. The highest BCUT2D eigenvalue weighted by Crippen LogP contribution is 2.27. The van der Waals surface area contributed by atoms with E-state index in [0.29, 0.717) is 39.5 Å². The molecule has 142 valence electrons. The molecule has 0 amide bonds. The van der Waals surface area contributed by atoms with Gasteiger partial charge in [-0.3, -0.25) is 0 Å². The summed E-state index contributed by atoms with van der Waals surface area (Å²) in [5, 5.41) is 20.6. The van der Waals surface area contributed by atoms with Gasteiger partial charge in [-0.25, -0.2) is 18.5 Å². The zero-order valence-corrected chi connectivity index (χ0v) is 17.1. The first-order chi connectivity index (χ1) is 12.2. The average molecular weight is 444 g/mol. The van der Waals surface area contributed by atoms with Gasteiger partial charge in [-0.15, -0.1) is 0 Å². The predicted molar refractivity (Wildman–Crippen MR) is 105 cm³/mol. The highest BCUT2D eigenvalue weighted by molar-refractivity contribution is 9.10. The molecule has 2 aromatic rings. The highest BCUT2D eigenvalue weighted by Gasteiger charge is 2.18. The normalized spacial score (nSPS) is 12.7. The van der Waals surface area contributed by atoms with Crippen molar-refractivity contribution in [2.24, 2.45) is 5.14 Å². The van der Waals surface area contributed by atoms with Gasteiger partial charge in [0, 0.05) is 17.9 Å². The molecule has 0 saturated heterocycles. The number of nitrogens with zero attached hydrogens (tertiary/aromatic N) is 2. The maximum Gasteiger partial charge on any atom is 0.238 e. The molecule has 0 spiro atoms. The van der Waals surface area contributed by atoms with E-state index in [2.05, 4.69) is 36.5 Å². The van der Waals surface area contributed by atoms with E-state index in [4.69, 9.17) is 5.14 Å². The van der Waals surface area contributed by atoms with Crippen LogP contribution in [0, 0.1) is 6.92 Å². The van der Waals surface area contributed by atoms with Crippen molar-refractivity contribution in [3.8, 4) is 0 Å². The number of nitrogens with one attached hydrogen (secondary N) is 2. The van der Waals surface area contributed by atoms with Gasteiger partial charge in [0.1, 0.15) is 5.82 Å². The molecule has 0 aliphatic carbocycles. The van der Waals surface area contributed by atoms with E-state index in [-0.39, 0.29) is 17.5 Å². The minimum Gasteiger partial charge on any atom is -0.394 e. The predicted octanol–water partition coefficient (Wildman–Crippen LogP) is 2.29. The van der Waals surface area contributed by atoms with Crippen LogP contribution in [0.4, 0.5) is 17.5 Å². The van der Waals surface area contributed by atoms with Gasteiger partial charge in [-0.1, -0.05) is 6.92 Å². The van der Waals surface area contributed by atoms with Gasteiger partial charge in [0.05, 0.1) is 16.0 Å². The Kier molecular flexibility index (Phi) is 6.56. The van der Waals surface area contributed by atoms with Crippen LogP contribution in [0.5, 0.6) is 0 Å². The molecule has 0 saturated carbocycles. The number of aromatic nitrogens is 2. The third kappa shape index (κ3) is 4.91. The maximum absolute atomic E-state index is 11.8. The molecule has 2 rings (SSSR count). The number of nitrogens with two attached hydrogens (primary N) is 1. The van der Waals surface area contributed by atoms with Crippen LogP contribution in [0.25, 0.3) is 0 Å². The van der Waals surface area contributed by atoms with Gasteiger partial charge in [-0.05, 0) is 59.5 Å². The van der Waals surface area contributed by atoms with Gasteiger partial charge < -0.3 is 15.7 Å². The summed E-state index contributed by atoms with van der Waals surface area (Å²) < 4.78 is 24.3. The fraction of sp³-hybridized carbons (Fsp3) is 0.375. The van der Waals surface area contributed by atoms with Crippen LogP contribution in [0.2, 0.25) is 0 Å². The molecular formula is C16H22BrN5O3S. The van der Waals surface area contributed by atoms with Crippen molar-refractivity contribution in [1.82, 2.24) is 9.97 Å². The van der Waals surface area contributed by atoms with Crippen molar-refractivity contribution < 1.29 is 13.5 Å². The molecule has 1 heterocycles. The van der Waals surface area contributed by atoms with Crippen molar-refractivity contribution in [3.05, 3.63) is 33.9 Å². The third-order valence-corrected chi connectivity index (χ3v) is 5.41. The Morgan fingerprint density at radius 3 is 2.65 bits per heavy atom. The number of rotatable bonds is 7.